The third-order valence-electron chi connectivity index (χ3n) is 1.90. The normalized spacial score (nSPS) is 12.6. The Bertz CT molecular complexity index is 215. The second kappa shape index (κ2) is 5.59. The minimum absolute atomic E-state index is 0.179. The third kappa shape index (κ3) is 3.74. The van der Waals surface area contributed by atoms with Gasteiger partial charge in [0, 0.05) is 13.5 Å². The van der Waals surface area contributed by atoms with E-state index in [2.05, 4.69) is 0 Å². The Morgan fingerprint density at radius 2 is 1.86 bits per heavy atom. The monoisotopic (exact) mass is 203 g/mol. The smallest absolute Gasteiger partial charge is 0.328 e. The lowest BCUT2D eigenvalue weighted by molar-refractivity contribution is -0.151. The first-order chi connectivity index (χ1) is 6.40. The molecule has 0 bridgehead atoms. The van der Waals surface area contributed by atoms with Gasteiger partial charge < -0.3 is 15.1 Å². The summed E-state index contributed by atoms with van der Waals surface area (Å²) in [4.78, 5) is 23.1. The molecule has 82 valence electrons. The highest BCUT2D eigenvalue weighted by molar-refractivity contribution is 5.83. The fourth-order valence-corrected chi connectivity index (χ4v) is 1.03. The van der Waals surface area contributed by atoms with E-state index in [1.165, 1.54) is 7.05 Å². The van der Waals surface area contributed by atoms with Crippen molar-refractivity contribution in [3.05, 3.63) is 0 Å². The minimum atomic E-state index is -1.19. The van der Waals surface area contributed by atoms with Crippen LogP contribution in [-0.4, -0.2) is 46.7 Å². The first-order valence-electron chi connectivity index (χ1n) is 4.49. The number of carboxylic acid groups (broad SMARTS) is 1. The molecule has 0 aromatic rings. The lowest BCUT2D eigenvalue weighted by atomic mass is 10.1. The van der Waals surface area contributed by atoms with Gasteiger partial charge >= 0.3 is 5.97 Å². The molecule has 0 rings (SSSR count). The van der Waals surface area contributed by atoms with Gasteiger partial charge in [0.1, 0.15) is 0 Å². The van der Waals surface area contributed by atoms with Gasteiger partial charge in [-0.1, -0.05) is 13.8 Å². The molecular weight excluding hydrogens is 186 g/mol. The quantitative estimate of drug-likeness (QED) is 0.656. The van der Waals surface area contributed by atoms with Crippen LogP contribution in [-0.2, 0) is 9.59 Å². The fourth-order valence-electron chi connectivity index (χ4n) is 1.03. The summed E-state index contributed by atoms with van der Waals surface area (Å²) in [6.45, 7) is 3.19. The first-order valence-corrected chi connectivity index (χ1v) is 4.49. The summed E-state index contributed by atoms with van der Waals surface area (Å²) < 4.78 is 0. The van der Waals surface area contributed by atoms with Crippen LogP contribution in [0.5, 0.6) is 0 Å². The number of hydrogen-bond donors (Lipinski definition) is 2. The number of aliphatic hydroxyl groups excluding tert-OH is 1. The number of nitrogens with zero attached hydrogens (tertiary/aromatic N) is 1. The van der Waals surface area contributed by atoms with Crippen LogP contribution in [0.1, 0.15) is 20.3 Å². The highest BCUT2D eigenvalue weighted by atomic mass is 16.4. The number of rotatable bonds is 5. The molecule has 1 atom stereocenters. The molecule has 0 heterocycles. The molecule has 0 aliphatic rings. The van der Waals surface area contributed by atoms with Gasteiger partial charge in [0.15, 0.2) is 6.04 Å². The zero-order valence-electron chi connectivity index (χ0n) is 8.73. The lowest BCUT2D eigenvalue weighted by Crippen LogP contribution is -2.45. The summed E-state index contributed by atoms with van der Waals surface area (Å²) in [5, 5.41) is 17.4. The van der Waals surface area contributed by atoms with Gasteiger partial charge in [-0.15, -0.1) is 0 Å². The molecule has 0 fully saturated rings. The third-order valence-corrected chi connectivity index (χ3v) is 1.90. The van der Waals surface area contributed by atoms with Crippen LogP contribution >= 0.6 is 0 Å². The van der Waals surface area contributed by atoms with Crippen molar-refractivity contribution in [2.75, 3.05) is 13.7 Å². The van der Waals surface area contributed by atoms with Gasteiger partial charge in [0.25, 0.3) is 0 Å². The van der Waals surface area contributed by atoms with Crippen LogP contribution in [0.3, 0.4) is 0 Å². The van der Waals surface area contributed by atoms with Crippen molar-refractivity contribution >= 4 is 11.9 Å². The van der Waals surface area contributed by atoms with Gasteiger partial charge in [0.05, 0.1) is 6.61 Å². The second-order valence-electron chi connectivity index (χ2n) is 3.64. The van der Waals surface area contributed by atoms with Crippen LogP contribution in [0.25, 0.3) is 0 Å². The van der Waals surface area contributed by atoms with Crippen molar-refractivity contribution in [1.82, 2.24) is 4.90 Å². The van der Waals surface area contributed by atoms with E-state index in [0.717, 1.165) is 4.90 Å². The number of carbonyl (C=O) groups excluding carboxylic acids is 1. The Kier molecular flexibility index (Phi) is 5.15. The van der Waals surface area contributed by atoms with E-state index in [1.54, 1.807) is 0 Å². The van der Waals surface area contributed by atoms with Crippen molar-refractivity contribution in [2.24, 2.45) is 5.92 Å². The van der Waals surface area contributed by atoms with Gasteiger partial charge in [-0.05, 0) is 5.92 Å². The molecule has 5 heteroatoms. The van der Waals surface area contributed by atoms with Gasteiger partial charge in [-0.3, -0.25) is 4.79 Å². The molecule has 0 aliphatic heterocycles. The maximum Gasteiger partial charge on any atom is 0.328 e. The summed E-state index contributed by atoms with van der Waals surface area (Å²) in [6, 6.07) is -1.14. The summed E-state index contributed by atoms with van der Waals surface area (Å²) in [5.41, 5.74) is 0. The predicted molar refractivity (Wildman–Crippen MR) is 50.7 cm³/mol. The SMILES string of the molecule is CC(C)CC(=O)N(C)C(CO)C(=O)O. The van der Waals surface area contributed by atoms with Crippen LogP contribution in [0, 0.1) is 5.92 Å². The van der Waals surface area contributed by atoms with Crippen molar-refractivity contribution in [1.29, 1.82) is 0 Å². The van der Waals surface area contributed by atoms with E-state index in [-0.39, 0.29) is 11.8 Å². The standard InChI is InChI=1S/C9H17NO4/c1-6(2)4-8(12)10(3)7(5-11)9(13)14/h6-7,11H,4-5H2,1-3H3,(H,13,14). The molecule has 2 N–H and O–H groups in total. The molecule has 0 aromatic carbocycles. The minimum Gasteiger partial charge on any atom is -0.480 e. The molecule has 0 aliphatic carbocycles. The van der Waals surface area contributed by atoms with Gasteiger partial charge in [-0.25, -0.2) is 4.79 Å². The van der Waals surface area contributed by atoms with E-state index in [4.69, 9.17) is 10.2 Å². The molecule has 0 radical (unpaired) electrons. The zero-order valence-corrected chi connectivity index (χ0v) is 8.73. The number of carboxylic acids is 1. The van der Waals surface area contributed by atoms with E-state index in [0.29, 0.717) is 6.42 Å². The topological polar surface area (TPSA) is 77.8 Å². The predicted octanol–water partition coefficient (Wildman–Crippen LogP) is -0.0636. The van der Waals surface area contributed by atoms with Crippen LogP contribution in [0.15, 0.2) is 0 Å². The molecule has 1 amide bonds. The van der Waals surface area contributed by atoms with Gasteiger partial charge in [-0.2, -0.15) is 0 Å². The average molecular weight is 203 g/mol. The first kappa shape index (κ1) is 12.9. The Morgan fingerprint density at radius 1 is 1.36 bits per heavy atom. The summed E-state index contributed by atoms with van der Waals surface area (Å²) >= 11 is 0. The van der Waals surface area contributed by atoms with Crippen molar-refractivity contribution in [3.8, 4) is 0 Å². The van der Waals surface area contributed by atoms with Crippen LogP contribution in [0.4, 0.5) is 0 Å². The van der Waals surface area contributed by atoms with E-state index >= 15 is 0 Å². The molecule has 0 aromatic heterocycles. The van der Waals surface area contributed by atoms with Crippen molar-refractivity contribution < 1.29 is 19.8 Å². The van der Waals surface area contributed by atoms with Crippen molar-refractivity contribution in [2.45, 2.75) is 26.3 Å². The highest BCUT2D eigenvalue weighted by Crippen LogP contribution is 2.05. The van der Waals surface area contributed by atoms with Gasteiger partial charge in [0.2, 0.25) is 5.91 Å². The summed E-state index contributed by atoms with van der Waals surface area (Å²) in [5.74, 6) is -1.27. The zero-order chi connectivity index (χ0) is 11.3. The van der Waals surface area contributed by atoms with Crippen LogP contribution < -0.4 is 0 Å². The number of carbonyl (C=O) groups is 2. The molecule has 14 heavy (non-hydrogen) atoms. The average Bonchev–Trinajstić information content (AvgIpc) is 2.03. The Balaban J connectivity index is 4.34. The van der Waals surface area contributed by atoms with E-state index in [9.17, 15) is 9.59 Å². The molecular formula is C9H17NO4. The lowest BCUT2D eigenvalue weighted by Gasteiger charge is -2.23. The molecule has 0 spiro atoms. The Labute approximate surface area is 83.3 Å². The number of aliphatic carboxylic acids is 1. The number of aliphatic hydroxyl groups is 1. The van der Waals surface area contributed by atoms with E-state index in [1.807, 2.05) is 13.8 Å². The fraction of sp³-hybridized carbons (Fsp3) is 0.778. The van der Waals surface area contributed by atoms with Crippen LogP contribution in [0.2, 0.25) is 0 Å². The maximum atomic E-state index is 11.4. The molecule has 0 saturated heterocycles. The number of hydrogen-bond acceptors (Lipinski definition) is 3. The summed E-state index contributed by atoms with van der Waals surface area (Å²) in [6.07, 6.45) is 0.292. The number of amides is 1. The molecule has 5 nitrogen and oxygen atoms in total. The number of likely N-dealkylation sites (N-methyl/N-ethyl adjacent to an activating group) is 1. The highest BCUT2D eigenvalue weighted by Gasteiger charge is 2.25. The van der Waals surface area contributed by atoms with Crippen molar-refractivity contribution in [3.63, 3.8) is 0 Å². The Morgan fingerprint density at radius 3 is 2.14 bits per heavy atom. The molecule has 1 unspecified atom stereocenters. The maximum absolute atomic E-state index is 11.4. The molecule has 0 saturated carbocycles. The second-order valence-corrected chi connectivity index (χ2v) is 3.64. The summed E-state index contributed by atoms with van der Waals surface area (Å²) in [7, 11) is 1.39. The largest absolute Gasteiger partial charge is 0.480 e. The Hall–Kier alpha value is -1.10. The van der Waals surface area contributed by atoms with E-state index < -0.39 is 18.6 Å².